The molecule has 0 aliphatic carbocycles. The van der Waals surface area contributed by atoms with E-state index >= 15 is 0 Å². The van der Waals surface area contributed by atoms with Crippen molar-refractivity contribution in [3.05, 3.63) is 142 Å². The third kappa shape index (κ3) is 10.1. The number of ketones is 2. The van der Waals surface area contributed by atoms with Crippen molar-refractivity contribution in [1.82, 2.24) is 0 Å². The zero-order valence-corrected chi connectivity index (χ0v) is 20.0. The summed E-state index contributed by atoms with van der Waals surface area (Å²) in [5.41, 5.74) is 5.09. The third-order valence-corrected chi connectivity index (χ3v) is 5.02. The minimum absolute atomic E-state index is 0.121. The Hall–Kier alpha value is -3.49. The minimum Gasteiger partial charge on any atom is -0.295 e. The summed E-state index contributed by atoms with van der Waals surface area (Å²) in [4.78, 5) is 22.5. The maximum absolute atomic E-state index is 11.9. The lowest BCUT2D eigenvalue weighted by atomic mass is 10.0. The molecule has 0 bridgehead atoms. The summed E-state index contributed by atoms with van der Waals surface area (Å²) in [6.45, 7) is 5.65. The van der Waals surface area contributed by atoms with Gasteiger partial charge in [-0.3, -0.25) is 9.59 Å². The number of rotatable bonds is 4. The van der Waals surface area contributed by atoms with Gasteiger partial charge in [-0.25, -0.2) is 0 Å². The average Bonchev–Trinajstić information content (AvgIpc) is 2.84. The van der Waals surface area contributed by atoms with Crippen LogP contribution in [0.25, 0.3) is 0 Å². The molecule has 0 spiro atoms. The van der Waals surface area contributed by atoms with E-state index in [0.29, 0.717) is 6.42 Å². The molecule has 0 aliphatic rings. The molecule has 4 rings (SSSR count). The fourth-order valence-corrected chi connectivity index (χ4v) is 2.95. The molecule has 33 heavy (non-hydrogen) atoms. The highest BCUT2D eigenvalue weighted by atomic mass is 35.5. The molecule has 0 amide bonds. The number of hydrogen-bond acceptors (Lipinski definition) is 2. The van der Waals surface area contributed by atoms with Crippen molar-refractivity contribution in [3.63, 3.8) is 0 Å². The molecular weight excluding hydrogens is 428 g/mol. The largest absolute Gasteiger partial charge is 0.295 e. The van der Waals surface area contributed by atoms with Gasteiger partial charge in [-0.05, 0) is 38.5 Å². The maximum atomic E-state index is 11.9. The molecule has 0 unspecified atom stereocenters. The molecule has 3 heteroatoms. The zero-order valence-electron chi connectivity index (χ0n) is 19.3. The predicted octanol–water partition coefficient (Wildman–Crippen LogP) is 7.96. The van der Waals surface area contributed by atoms with Crippen LogP contribution in [0.2, 0.25) is 5.02 Å². The number of halogens is 1. The summed E-state index contributed by atoms with van der Waals surface area (Å²) < 4.78 is 0. The molecule has 0 N–H and O–H groups in total. The van der Waals surface area contributed by atoms with Crippen molar-refractivity contribution >= 4 is 23.2 Å². The molecule has 2 nitrogen and oxygen atoms in total. The highest BCUT2D eigenvalue weighted by Crippen LogP contribution is 2.09. The topological polar surface area (TPSA) is 34.1 Å². The van der Waals surface area contributed by atoms with Gasteiger partial charge in [-0.2, -0.15) is 0 Å². The SMILES string of the molecule is CC(=O)c1ccccc1.Cc1ccc(CC(=O)c2ccccc2)cc1.Cc1ccc(Cl)cc1. The lowest BCUT2D eigenvalue weighted by molar-refractivity contribution is 0.0990. The Morgan fingerprint density at radius 2 is 1.03 bits per heavy atom. The van der Waals surface area contributed by atoms with Gasteiger partial charge >= 0.3 is 0 Å². The maximum Gasteiger partial charge on any atom is 0.167 e. The quantitative estimate of drug-likeness (QED) is 0.292. The molecule has 4 aromatic carbocycles. The molecule has 0 fully saturated rings. The summed E-state index contributed by atoms with van der Waals surface area (Å²) in [7, 11) is 0. The summed E-state index contributed by atoms with van der Waals surface area (Å²) in [6, 6.07) is 34.5. The predicted molar refractivity (Wildman–Crippen MR) is 138 cm³/mol. The Bertz CT molecular complexity index is 1100. The van der Waals surface area contributed by atoms with Gasteiger partial charge < -0.3 is 0 Å². The van der Waals surface area contributed by atoms with Crippen LogP contribution in [-0.4, -0.2) is 11.6 Å². The molecule has 0 radical (unpaired) electrons. The van der Waals surface area contributed by atoms with Crippen LogP contribution in [0.1, 0.15) is 44.3 Å². The summed E-state index contributed by atoms with van der Waals surface area (Å²) in [5.74, 6) is 0.292. The monoisotopic (exact) mass is 456 g/mol. The Morgan fingerprint density at radius 1 is 0.606 bits per heavy atom. The smallest absolute Gasteiger partial charge is 0.167 e. The van der Waals surface area contributed by atoms with Gasteiger partial charge in [0.05, 0.1) is 0 Å². The summed E-state index contributed by atoms with van der Waals surface area (Å²) in [5, 5.41) is 0.801. The molecule has 0 atom stereocenters. The van der Waals surface area contributed by atoms with Gasteiger partial charge in [-0.1, -0.05) is 120 Å². The second-order valence-electron chi connectivity index (χ2n) is 7.67. The highest BCUT2D eigenvalue weighted by Gasteiger charge is 2.05. The van der Waals surface area contributed by atoms with Crippen molar-refractivity contribution in [2.45, 2.75) is 27.2 Å². The lowest BCUT2D eigenvalue weighted by Gasteiger charge is -2.01. The van der Waals surface area contributed by atoms with Gasteiger partial charge in [0.1, 0.15) is 0 Å². The van der Waals surface area contributed by atoms with Gasteiger partial charge in [0.2, 0.25) is 0 Å². The first-order valence-electron chi connectivity index (χ1n) is 10.8. The van der Waals surface area contributed by atoms with E-state index in [9.17, 15) is 9.59 Å². The first-order chi connectivity index (χ1) is 15.8. The molecular formula is C30H29ClO2. The van der Waals surface area contributed by atoms with Gasteiger partial charge in [0, 0.05) is 22.6 Å². The van der Waals surface area contributed by atoms with E-state index in [1.165, 1.54) is 11.1 Å². The number of carbonyl (C=O) groups is 2. The Kier molecular flexibility index (Phi) is 10.8. The van der Waals surface area contributed by atoms with E-state index < -0.39 is 0 Å². The van der Waals surface area contributed by atoms with Crippen LogP contribution in [0.4, 0.5) is 0 Å². The molecule has 0 aromatic heterocycles. The Balaban J connectivity index is 0.000000192. The van der Waals surface area contributed by atoms with Gasteiger partial charge in [0.25, 0.3) is 0 Å². The van der Waals surface area contributed by atoms with E-state index in [2.05, 4.69) is 0 Å². The van der Waals surface area contributed by atoms with E-state index in [0.717, 1.165) is 21.7 Å². The standard InChI is InChI=1S/C15H14O.C8H8O.C7H7Cl/c1-12-7-9-13(10-8-12)11-15(16)14-5-3-2-4-6-14;1-7(9)8-5-3-2-4-6-8;1-6-2-4-7(8)5-3-6/h2-10H,11H2,1H3;2-6H,1H3;2-5H,1H3. The van der Waals surface area contributed by atoms with E-state index in [1.54, 1.807) is 6.92 Å². The number of aryl methyl sites for hydroxylation is 2. The minimum atomic E-state index is 0.121. The Labute approximate surface area is 201 Å². The first-order valence-corrected chi connectivity index (χ1v) is 11.1. The molecule has 4 aromatic rings. The van der Waals surface area contributed by atoms with Crippen LogP contribution in [0, 0.1) is 13.8 Å². The highest BCUT2D eigenvalue weighted by molar-refractivity contribution is 6.30. The van der Waals surface area contributed by atoms with E-state index in [1.807, 2.05) is 123 Å². The van der Waals surface area contributed by atoms with Crippen molar-refractivity contribution in [1.29, 1.82) is 0 Å². The zero-order chi connectivity index (χ0) is 24.1. The van der Waals surface area contributed by atoms with Crippen molar-refractivity contribution < 1.29 is 9.59 Å². The number of Topliss-reactive ketones (excluding diaryl/α,β-unsaturated/α-hetero) is 2. The van der Waals surface area contributed by atoms with Crippen LogP contribution in [-0.2, 0) is 6.42 Å². The average molecular weight is 457 g/mol. The second kappa shape index (κ2) is 13.8. The molecule has 0 heterocycles. The number of benzene rings is 4. The molecule has 0 aliphatic heterocycles. The normalized spacial score (nSPS) is 9.58. The van der Waals surface area contributed by atoms with E-state index in [4.69, 9.17) is 11.6 Å². The fraction of sp³-hybridized carbons (Fsp3) is 0.133. The van der Waals surface area contributed by atoms with Crippen molar-refractivity contribution in [3.8, 4) is 0 Å². The van der Waals surface area contributed by atoms with Crippen LogP contribution < -0.4 is 0 Å². The van der Waals surface area contributed by atoms with Gasteiger partial charge in [-0.15, -0.1) is 0 Å². The van der Waals surface area contributed by atoms with E-state index in [-0.39, 0.29) is 11.6 Å². The van der Waals surface area contributed by atoms with Gasteiger partial charge in [0.15, 0.2) is 11.6 Å². The van der Waals surface area contributed by atoms with Crippen molar-refractivity contribution in [2.24, 2.45) is 0 Å². The second-order valence-corrected chi connectivity index (χ2v) is 8.11. The van der Waals surface area contributed by atoms with Crippen LogP contribution >= 0.6 is 11.6 Å². The lowest BCUT2D eigenvalue weighted by Crippen LogP contribution is -2.02. The summed E-state index contributed by atoms with van der Waals surface area (Å²) >= 11 is 5.61. The number of carbonyl (C=O) groups excluding carboxylic acids is 2. The molecule has 0 saturated heterocycles. The number of hydrogen-bond donors (Lipinski definition) is 0. The Morgan fingerprint density at radius 3 is 1.42 bits per heavy atom. The third-order valence-electron chi connectivity index (χ3n) is 4.77. The first kappa shape index (κ1) is 25.8. The fourth-order valence-electron chi connectivity index (χ4n) is 2.82. The van der Waals surface area contributed by atoms with Crippen molar-refractivity contribution in [2.75, 3.05) is 0 Å². The van der Waals surface area contributed by atoms with Crippen LogP contribution in [0.3, 0.4) is 0 Å². The molecule has 0 saturated carbocycles. The van der Waals surface area contributed by atoms with Crippen LogP contribution in [0.15, 0.2) is 109 Å². The van der Waals surface area contributed by atoms with Crippen LogP contribution in [0.5, 0.6) is 0 Å². The molecule has 168 valence electrons. The summed E-state index contributed by atoms with van der Waals surface area (Å²) in [6.07, 6.45) is 0.476.